The lowest BCUT2D eigenvalue weighted by Gasteiger charge is -2.31. The fraction of sp³-hybridized carbons (Fsp3) is 0.435. The van der Waals surface area contributed by atoms with Crippen LogP contribution in [0.5, 0.6) is 0 Å². The molecule has 1 fully saturated rings. The van der Waals surface area contributed by atoms with Crippen LogP contribution in [0.2, 0.25) is 0 Å². The highest BCUT2D eigenvalue weighted by atomic mass is 32.2. The Hall–Kier alpha value is -2.22. The summed E-state index contributed by atoms with van der Waals surface area (Å²) in [5.74, 6) is 0.538. The van der Waals surface area contributed by atoms with E-state index in [0.717, 1.165) is 32.4 Å². The third-order valence-corrected chi connectivity index (χ3v) is 7.63. The minimum absolute atomic E-state index is 0.117. The molecule has 1 heterocycles. The molecule has 0 saturated carbocycles. The molecule has 1 aliphatic rings. The number of anilines is 1. The van der Waals surface area contributed by atoms with Crippen LogP contribution in [0.25, 0.3) is 0 Å². The van der Waals surface area contributed by atoms with Crippen LogP contribution in [-0.4, -0.2) is 57.3 Å². The summed E-state index contributed by atoms with van der Waals surface area (Å²) in [6.07, 6.45) is 3.25. The van der Waals surface area contributed by atoms with E-state index in [-0.39, 0.29) is 10.8 Å². The maximum Gasteiger partial charge on any atom is 0.242 e. The van der Waals surface area contributed by atoms with Gasteiger partial charge in [-0.3, -0.25) is 9.69 Å². The average molecular weight is 430 g/mol. The largest absolute Gasteiger partial charge is 0.325 e. The van der Waals surface area contributed by atoms with E-state index in [1.54, 1.807) is 19.1 Å². The molecule has 0 aliphatic carbocycles. The summed E-state index contributed by atoms with van der Waals surface area (Å²) in [6.45, 7) is 3.88. The fourth-order valence-corrected chi connectivity index (χ4v) is 5.00. The molecule has 0 atom stereocenters. The zero-order chi connectivity index (χ0) is 21.7. The first-order valence-corrected chi connectivity index (χ1v) is 11.8. The van der Waals surface area contributed by atoms with Gasteiger partial charge < -0.3 is 5.32 Å². The van der Waals surface area contributed by atoms with E-state index >= 15 is 0 Å². The van der Waals surface area contributed by atoms with Crippen LogP contribution in [0.1, 0.15) is 24.0 Å². The van der Waals surface area contributed by atoms with Crippen LogP contribution >= 0.6 is 0 Å². The number of rotatable bonds is 7. The van der Waals surface area contributed by atoms with Crippen LogP contribution in [0.3, 0.4) is 0 Å². The first-order valence-electron chi connectivity index (χ1n) is 10.3. The Morgan fingerprint density at radius 2 is 1.77 bits per heavy atom. The number of sulfonamides is 1. The van der Waals surface area contributed by atoms with Crippen LogP contribution in [0.15, 0.2) is 53.4 Å². The molecule has 0 aromatic heterocycles. The predicted molar refractivity (Wildman–Crippen MR) is 120 cm³/mol. The van der Waals surface area contributed by atoms with Crippen molar-refractivity contribution in [2.75, 3.05) is 39.0 Å². The van der Waals surface area contributed by atoms with Crippen molar-refractivity contribution in [2.45, 2.75) is 31.1 Å². The Bertz CT molecular complexity index is 966. The zero-order valence-electron chi connectivity index (χ0n) is 18.0. The first kappa shape index (κ1) is 22.5. The number of piperidine rings is 1. The number of amides is 1. The summed E-state index contributed by atoms with van der Waals surface area (Å²) in [4.78, 5) is 14.9. The average Bonchev–Trinajstić information content (AvgIpc) is 2.71. The first-order chi connectivity index (χ1) is 14.3. The smallest absolute Gasteiger partial charge is 0.242 e. The maximum atomic E-state index is 12.5. The van der Waals surface area contributed by atoms with Gasteiger partial charge in [0.25, 0.3) is 0 Å². The molecule has 1 aliphatic heterocycles. The van der Waals surface area contributed by atoms with Crippen molar-refractivity contribution >= 4 is 21.6 Å². The number of hydrogen-bond donors (Lipinski definition) is 1. The van der Waals surface area contributed by atoms with Crippen molar-refractivity contribution < 1.29 is 13.2 Å². The molecule has 1 N–H and O–H groups in total. The lowest BCUT2D eigenvalue weighted by Crippen LogP contribution is -2.39. The normalized spacial score (nSPS) is 16.0. The Morgan fingerprint density at radius 3 is 2.40 bits per heavy atom. The topological polar surface area (TPSA) is 69.7 Å². The third-order valence-electron chi connectivity index (χ3n) is 5.67. The molecule has 2 aromatic rings. The van der Waals surface area contributed by atoms with Gasteiger partial charge in [-0.05, 0) is 68.5 Å². The number of likely N-dealkylation sites (tertiary alicyclic amines) is 1. The summed E-state index contributed by atoms with van der Waals surface area (Å²) in [5, 5.41) is 2.86. The second-order valence-electron chi connectivity index (χ2n) is 8.23. The number of nitrogens with one attached hydrogen (secondary N) is 1. The van der Waals surface area contributed by atoms with Crippen molar-refractivity contribution in [2.24, 2.45) is 5.92 Å². The van der Waals surface area contributed by atoms with E-state index < -0.39 is 10.0 Å². The van der Waals surface area contributed by atoms with Crippen molar-refractivity contribution in [1.29, 1.82) is 0 Å². The SMILES string of the molecule is Cc1ccc(NC(=O)CN2CCC(Cc3ccccc3)CC2)cc1S(=O)(=O)N(C)C. The van der Waals surface area contributed by atoms with Gasteiger partial charge in [0.15, 0.2) is 0 Å². The van der Waals surface area contributed by atoms with Gasteiger partial charge in [0, 0.05) is 19.8 Å². The second kappa shape index (κ2) is 9.73. The molecule has 6 nitrogen and oxygen atoms in total. The lowest BCUT2D eigenvalue weighted by molar-refractivity contribution is -0.117. The van der Waals surface area contributed by atoms with Gasteiger partial charge in [-0.25, -0.2) is 12.7 Å². The second-order valence-corrected chi connectivity index (χ2v) is 10.3. The molecule has 162 valence electrons. The molecule has 0 radical (unpaired) electrons. The summed E-state index contributed by atoms with van der Waals surface area (Å²) < 4.78 is 26.1. The Labute approximate surface area is 179 Å². The number of carbonyl (C=O) groups excluding carboxylic acids is 1. The highest BCUT2D eigenvalue weighted by Gasteiger charge is 2.23. The molecule has 0 bridgehead atoms. The minimum Gasteiger partial charge on any atom is -0.325 e. The van der Waals surface area contributed by atoms with Crippen molar-refractivity contribution in [3.05, 3.63) is 59.7 Å². The van der Waals surface area contributed by atoms with Gasteiger partial charge >= 0.3 is 0 Å². The van der Waals surface area contributed by atoms with Crippen LogP contribution < -0.4 is 5.32 Å². The fourth-order valence-electron chi connectivity index (χ4n) is 3.85. The molecule has 0 unspecified atom stereocenters. The molecule has 1 saturated heterocycles. The molecule has 3 rings (SSSR count). The number of benzene rings is 2. The molecular formula is C23H31N3O3S. The molecule has 30 heavy (non-hydrogen) atoms. The quantitative estimate of drug-likeness (QED) is 0.734. The van der Waals surface area contributed by atoms with Gasteiger partial charge in [0.2, 0.25) is 15.9 Å². The minimum atomic E-state index is -3.55. The van der Waals surface area contributed by atoms with Crippen molar-refractivity contribution in [3.8, 4) is 0 Å². The third kappa shape index (κ3) is 5.68. The van der Waals surface area contributed by atoms with Gasteiger partial charge in [0.1, 0.15) is 0 Å². The summed E-state index contributed by atoms with van der Waals surface area (Å²) in [7, 11) is -0.551. The zero-order valence-corrected chi connectivity index (χ0v) is 18.8. The predicted octanol–water partition coefficient (Wildman–Crippen LogP) is 3.14. The molecule has 2 aromatic carbocycles. The van der Waals surface area contributed by atoms with Crippen LogP contribution in [0.4, 0.5) is 5.69 Å². The maximum absolute atomic E-state index is 12.5. The van der Waals surface area contributed by atoms with Crippen LogP contribution in [0, 0.1) is 12.8 Å². The van der Waals surface area contributed by atoms with Crippen LogP contribution in [-0.2, 0) is 21.2 Å². The lowest BCUT2D eigenvalue weighted by atomic mass is 9.90. The van der Waals surface area contributed by atoms with Crippen molar-refractivity contribution in [3.63, 3.8) is 0 Å². The Morgan fingerprint density at radius 1 is 1.10 bits per heavy atom. The number of nitrogens with zero attached hydrogens (tertiary/aromatic N) is 2. The van der Waals surface area contributed by atoms with Gasteiger partial charge in [-0.1, -0.05) is 36.4 Å². The van der Waals surface area contributed by atoms with E-state index in [0.29, 0.717) is 23.7 Å². The van der Waals surface area contributed by atoms with Gasteiger partial charge in [-0.15, -0.1) is 0 Å². The summed E-state index contributed by atoms with van der Waals surface area (Å²) in [6, 6.07) is 15.5. The Kier molecular flexibility index (Phi) is 7.28. The molecule has 0 spiro atoms. The Balaban J connectivity index is 1.53. The van der Waals surface area contributed by atoms with E-state index in [1.165, 1.54) is 30.0 Å². The van der Waals surface area contributed by atoms with E-state index in [4.69, 9.17) is 0 Å². The summed E-state index contributed by atoms with van der Waals surface area (Å²) >= 11 is 0. The van der Waals surface area contributed by atoms with Crippen molar-refractivity contribution in [1.82, 2.24) is 9.21 Å². The van der Waals surface area contributed by atoms with Gasteiger partial charge in [-0.2, -0.15) is 0 Å². The monoisotopic (exact) mass is 429 g/mol. The molecular weight excluding hydrogens is 398 g/mol. The summed E-state index contributed by atoms with van der Waals surface area (Å²) in [5.41, 5.74) is 2.53. The molecule has 1 amide bonds. The standard InChI is InChI=1S/C23H31N3O3S/c1-18-9-10-21(16-22(18)30(28,29)25(2)3)24-23(27)17-26-13-11-20(12-14-26)15-19-7-5-4-6-8-19/h4-10,16,20H,11-15,17H2,1-3H3,(H,24,27). The number of hydrogen-bond acceptors (Lipinski definition) is 4. The van der Waals surface area contributed by atoms with E-state index in [9.17, 15) is 13.2 Å². The van der Waals surface area contributed by atoms with E-state index in [1.807, 2.05) is 6.07 Å². The van der Waals surface area contributed by atoms with E-state index in [2.05, 4.69) is 34.5 Å². The molecule has 7 heteroatoms. The van der Waals surface area contributed by atoms with Gasteiger partial charge in [0.05, 0.1) is 11.4 Å². The number of carbonyl (C=O) groups is 1. The highest BCUT2D eigenvalue weighted by molar-refractivity contribution is 7.89. The highest BCUT2D eigenvalue weighted by Crippen LogP contribution is 2.23. The number of aryl methyl sites for hydroxylation is 1.